The third-order valence-corrected chi connectivity index (χ3v) is 7.33. The number of hydrogen-bond acceptors (Lipinski definition) is 5. The Morgan fingerprint density at radius 3 is 2.78 bits per heavy atom. The summed E-state index contributed by atoms with van der Waals surface area (Å²) in [7, 11) is 0. The van der Waals surface area contributed by atoms with Crippen molar-refractivity contribution in [2.24, 2.45) is 5.92 Å². The van der Waals surface area contributed by atoms with Crippen molar-refractivity contribution in [1.82, 2.24) is 15.0 Å². The number of hydrogen-bond donors (Lipinski definition) is 1. The Hall–Kier alpha value is -2.70. The summed E-state index contributed by atoms with van der Waals surface area (Å²) in [5.74, 6) is 1.47. The van der Waals surface area contributed by atoms with Crippen LogP contribution in [0.25, 0.3) is 10.9 Å². The maximum atomic E-state index is 5.86. The molecule has 0 bridgehead atoms. The molecule has 3 aromatic heterocycles. The Morgan fingerprint density at radius 2 is 1.94 bits per heavy atom. The summed E-state index contributed by atoms with van der Waals surface area (Å²) < 4.78 is 5.86. The maximum Gasteiger partial charge on any atom is 0.226 e. The monoisotopic (exact) mass is 446 g/mol. The topological polar surface area (TPSA) is 54.0 Å². The molecule has 0 spiro atoms. The van der Waals surface area contributed by atoms with Crippen LogP contribution in [0.3, 0.4) is 0 Å². The first-order valence-electron chi connectivity index (χ1n) is 11.5. The third kappa shape index (κ3) is 4.30. The molecule has 1 atom stereocenters. The van der Waals surface area contributed by atoms with Gasteiger partial charge < -0.3 is 14.6 Å². The molecule has 0 saturated heterocycles. The van der Waals surface area contributed by atoms with Crippen LogP contribution in [0.4, 0.5) is 5.95 Å². The minimum absolute atomic E-state index is 0.0918. The lowest BCUT2D eigenvalue weighted by molar-refractivity contribution is 0.127. The van der Waals surface area contributed by atoms with Gasteiger partial charge in [0.15, 0.2) is 0 Å². The molecular weight excluding hydrogens is 416 g/mol. The van der Waals surface area contributed by atoms with Crippen LogP contribution >= 0.6 is 11.3 Å². The number of para-hydroxylation sites is 1. The molecule has 166 valence electrons. The van der Waals surface area contributed by atoms with Crippen LogP contribution in [-0.2, 0) is 17.6 Å². The first kappa shape index (κ1) is 21.2. The van der Waals surface area contributed by atoms with Gasteiger partial charge >= 0.3 is 0 Å². The molecule has 1 aliphatic rings. The van der Waals surface area contributed by atoms with Gasteiger partial charge in [-0.15, -0.1) is 11.3 Å². The first-order valence-corrected chi connectivity index (χ1v) is 12.3. The lowest BCUT2D eigenvalue weighted by atomic mass is 9.96. The van der Waals surface area contributed by atoms with Crippen LogP contribution in [0, 0.1) is 5.92 Å². The van der Waals surface area contributed by atoms with Crippen LogP contribution < -0.4 is 4.90 Å². The van der Waals surface area contributed by atoms with Gasteiger partial charge in [0.2, 0.25) is 5.95 Å². The van der Waals surface area contributed by atoms with Crippen LogP contribution in [0.15, 0.2) is 54.9 Å². The fraction of sp³-hybridized carbons (Fsp3) is 0.385. The molecule has 1 aliphatic heterocycles. The molecule has 0 fully saturated rings. The van der Waals surface area contributed by atoms with Crippen molar-refractivity contribution in [2.45, 2.75) is 39.2 Å². The van der Waals surface area contributed by atoms with Gasteiger partial charge in [0.05, 0.1) is 6.61 Å². The van der Waals surface area contributed by atoms with Crippen LogP contribution in [-0.4, -0.2) is 34.7 Å². The summed E-state index contributed by atoms with van der Waals surface area (Å²) in [5, 5.41) is 1.33. The number of nitrogens with zero attached hydrogens (tertiary/aromatic N) is 3. The average molecular weight is 447 g/mol. The van der Waals surface area contributed by atoms with Crippen LogP contribution in [0.5, 0.6) is 0 Å². The lowest BCUT2D eigenvalue weighted by Crippen LogP contribution is -2.36. The van der Waals surface area contributed by atoms with Crippen molar-refractivity contribution in [3.63, 3.8) is 0 Å². The number of anilines is 1. The van der Waals surface area contributed by atoms with Gasteiger partial charge in [-0.2, -0.15) is 0 Å². The summed E-state index contributed by atoms with van der Waals surface area (Å²) in [5.41, 5.74) is 3.89. The number of H-pyrrole nitrogens is 1. The molecule has 5 rings (SSSR count). The Morgan fingerprint density at radius 1 is 1.09 bits per heavy atom. The molecule has 0 saturated carbocycles. The predicted octanol–water partition coefficient (Wildman–Crippen LogP) is 5.78. The first-order chi connectivity index (χ1) is 15.7. The molecule has 1 aromatic carbocycles. The summed E-state index contributed by atoms with van der Waals surface area (Å²) in [4.78, 5) is 17.9. The van der Waals surface area contributed by atoms with E-state index in [-0.39, 0.29) is 6.04 Å². The van der Waals surface area contributed by atoms with Crippen molar-refractivity contribution < 1.29 is 4.74 Å². The van der Waals surface area contributed by atoms with E-state index in [1.807, 2.05) is 29.8 Å². The molecule has 1 N–H and O–H groups in total. The van der Waals surface area contributed by atoms with Crippen molar-refractivity contribution in [1.29, 1.82) is 0 Å². The molecule has 0 amide bonds. The van der Waals surface area contributed by atoms with E-state index in [1.54, 1.807) is 0 Å². The molecule has 4 aromatic rings. The minimum Gasteiger partial charge on any atom is -0.381 e. The van der Waals surface area contributed by atoms with E-state index in [0.717, 1.165) is 45.0 Å². The van der Waals surface area contributed by atoms with Gasteiger partial charge in [0, 0.05) is 58.3 Å². The Bertz CT molecular complexity index is 1170. The van der Waals surface area contributed by atoms with E-state index >= 15 is 0 Å². The smallest absolute Gasteiger partial charge is 0.226 e. The summed E-state index contributed by atoms with van der Waals surface area (Å²) >= 11 is 1.88. The van der Waals surface area contributed by atoms with E-state index in [9.17, 15) is 0 Å². The number of thiophene rings is 1. The Labute approximate surface area is 193 Å². The van der Waals surface area contributed by atoms with Gasteiger partial charge in [-0.1, -0.05) is 32.0 Å². The number of aromatic nitrogens is 3. The quantitative estimate of drug-likeness (QED) is 0.349. The summed E-state index contributed by atoms with van der Waals surface area (Å²) in [6.07, 6.45) is 6.71. The van der Waals surface area contributed by atoms with Gasteiger partial charge in [0.25, 0.3) is 0 Å². The molecular formula is C26H30N4OS. The van der Waals surface area contributed by atoms with Gasteiger partial charge in [-0.25, -0.2) is 9.97 Å². The van der Waals surface area contributed by atoms with Crippen molar-refractivity contribution in [3.8, 4) is 0 Å². The van der Waals surface area contributed by atoms with E-state index in [0.29, 0.717) is 5.92 Å². The normalized spacial score (nSPS) is 16.1. The zero-order valence-electron chi connectivity index (χ0n) is 18.8. The SMILES string of the molecule is CC(C)CCOCCc1ccc(C2c3[nH]c4ccccc4c3CCN2c2ncccn2)s1. The van der Waals surface area contributed by atoms with Crippen molar-refractivity contribution in [3.05, 3.63) is 75.9 Å². The molecule has 0 radical (unpaired) electrons. The minimum atomic E-state index is 0.0918. The van der Waals surface area contributed by atoms with Gasteiger partial charge in [0.1, 0.15) is 6.04 Å². The van der Waals surface area contributed by atoms with Gasteiger partial charge in [-0.3, -0.25) is 0 Å². The zero-order chi connectivity index (χ0) is 21.9. The lowest BCUT2D eigenvalue weighted by Gasteiger charge is -2.35. The third-order valence-electron chi connectivity index (χ3n) is 6.13. The second-order valence-corrected chi connectivity index (χ2v) is 10.0. The van der Waals surface area contributed by atoms with Crippen molar-refractivity contribution in [2.75, 3.05) is 24.7 Å². The fourth-order valence-electron chi connectivity index (χ4n) is 4.46. The van der Waals surface area contributed by atoms with Crippen LogP contribution in [0.2, 0.25) is 0 Å². The standard InChI is InChI=1S/C26H30N4OS/c1-18(2)11-16-31-17-12-19-8-9-23(32-19)25-24-21(20-6-3-4-7-22(20)29-24)10-15-30(25)26-27-13-5-14-28-26/h3-9,13-14,18,25,29H,10-12,15-17H2,1-2H3. The second-order valence-electron chi connectivity index (χ2n) is 8.81. The second kappa shape index (κ2) is 9.43. The van der Waals surface area contributed by atoms with E-state index in [4.69, 9.17) is 4.74 Å². The molecule has 32 heavy (non-hydrogen) atoms. The average Bonchev–Trinajstić information content (AvgIpc) is 3.43. The number of aromatic amines is 1. The number of fused-ring (bicyclic) bond motifs is 3. The largest absolute Gasteiger partial charge is 0.381 e. The van der Waals surface area contributed by atoms with Gasteiger partial charge in [-0.05, 0) is 48.6 Å². The molecule has 4 heterocycles. The fourth-order valence-corrected chi connectivity index (χ4v) is 5.58. The number of rotatable bonds is 8. The molecule has 6 heteroatoms. The Kier molecular flexibility index (Phi) is 6.23. The van der Waals surface area contributed by atoms with E-state index in [1.165, 1.54) is 31.9 Å². The number of benzene rings is 1. The van der Waals surface area contributed by atoms with E-state index in [2.05, 4.69) is 70.1 Å². The zero-order valence-corrected chi connectivity index (χ0v) is 19.6. The van der Waals surface area contributed by atoms with Crippen molar-refractivity contribution >= 4 is 28.2 Å². The number of ether oxygens (including phenoxy) is 1. The van der Waals surface area contributed by atoms with E-state index < -0.39 is 0 Å². The molecule has 1 unspecified atom stereocenters. The highest BCUT2D eigenvalue weighted by Crippen LogP contribution is 2.41. The number of nitrogens with one attached hydrogen (secondary N) is 1. The summed E-state index contributed by atoms with van der Waals surface area (Å²) in [6.45, 7) is 6.99. The Balaban J connectivity index is 1.44. The highest BCUT2D eigenvalue weighted by molar-refractivity contribution is 7.12. The molecule has 5 nitrogen and oxygen atoms in total. The highest BCUT2D eigenvalue weighted by Gasteiger charge is 2.34. The maximum absolute atomic E-state index is 5.86. The molecule has 0 aliphatic carbocycles. The highest BCUT2D eigenvalue weighted by atomic mass is 32.1. The summed E-state index contributed by atoms with van der Waals surface area (Å²) in [6, 6.07) is 15.1. The predicted molar refractivity (Wildman–Crippen MR) is 132 cm³/mol. The van der Waals surface area contributed by atoms with Crippen LogP contribution in [0.1, 0.15) is 47.3 Å².